The lowest BCUT2D eigenvalue weighted by Crippen LogP contribution is -2.51. The predicted molar refractivity (Wildman–Crippen MR) is 159 cm³/mol. The van der Waals surface area contributed by atoms with Gasteiger partial charge < -0.3 is 14.5 Å². The zero-order chi connectivity index (χ0) is 29.4. The first-order valence-electron chi connectivity index (χ1n) is 13.6. The van der Waals surface area contributed by atoms with E-state index in [0.29, 0.717) is 43.1 Å². The third kappa shape index (κ3) is 7.74. The minimum atomic E-state index is -3.93. The lowest BCUT2D eigenvalue weighted by atomic mass is 10.0. The van der Waals surface area contributed by atoms with Crippen LogP contribution in [0.25, 0.3) is 0 Å². The summed E-state index contributed by atoms with van der Waals surface area (Å²) in [6.45, 7) is 3.14. The number of amides is 2. The topological polar surface area (TPSA) is 87.2 Å². The molecule has 0 unspecified atom stereocenters. The minimum absolute atomic E-state index is 0.0443. The van der Waals surface area contributed by atoms with Gasteiger partial charge in [-0.15, -0.1) is 0 Å². The van der Waals surface area contributed by atoms with E-state index >= 15 is 0 Å². The van der Waals surface area contributed by atoms with Crippen LogP contribution >= 0.6 is 11.6 Å². The molecule has 3 aromatic carbocycles. The molecule has 0 radical (unpaired) electrons. The minimum Gasteiger partial charge on any atom is -0.383 e. The van der Waals surface area contributed by atoms with Crippen molar-refractivity contribution in [3.8, 4) is 0 Å². The lowest BCUT2D eigenvalue weighted by molar-refractivity contribution is -0.135. The number of halogens is 1. The highest BCUT2D eigenvalue weighted by Crippen LogP contribution is 2.24. The Bertz CT molecular complexity index is 1430. The summed E-state index contributed by atoms with van der Waals surface area (Å²) in [4.78, 5) is 30.7. The van der Waals surface area contributed by atoms with E-state index in [2.05, 4.69) is 0 Å². The van der Waals surface area contributed by atoms with Gasteiger partial charge in [-0.3, -0.25) is 9.59 Å². The number of piperidine rings is 1. The molecule has 8 nitrogen and oxygen atoms in total. The largest absolute Gasteiger partial charge is 0.383 e. The summed E-state index contributed by atoms with van der Waals surface area (Å²) in [7, 11) is -2.43. The number of aryl methyl sites for hydroxylation is 1. The van der Waals surface area contributed by atoms with Crippen LogP contribution in [0.5, 0.6) is 0 Å². The highest BCUT2D eigenvalue weighted by Gasteiger charge is 2.33. The van der Waals surface area contributed by atoms with Crippen molar-refractivity contribution in [2.75, 3.05) is 39.9 Å². The van der Waals surface area contributed by atoms with Gasteiger partial charge in [0.2, 0.25) is 15.9 Å². The summed E-state index contributed by atoms with van der Waals surface area (Å²) in [5.41, 5.74) is 2.52. The van der Waals surface area contributed by atoms with Crippen LogP contribution in [0.2, 0.25) is 5.02 Å². The van der Waals surface area contributed by atoms with Crippen LogP contribution in [0, 0.1) is 6.92 Å². The molecule has 0 bridgehead atoms. The first-order valence-corrected chi connectivity index (χ1v) is 15.5. The van der Waals surface area contributed by atoms with Crippen LogP contribution in [0.15, 0.2) is 83.8 Å². The number of carbonyl (C=O) groups excluding carboxylic acids is 2. The molecule has 1 heterocycles. The van der Waals surface area contributed by atoms with E-state index in [1.807, 2.05) is 31.2 Å². The SMILES string of the molecule is COCCN(CC(=O)N(Cc1ccc(C)cc1)C1CCN(C(=O)c2ccccc2Cl)CC1)S(=O)(=O)c1ccccc1. The number of carbonyl (C=O) groups is 2. The Morgan fingerprint density at radius 2 is 1.59 bits per heavy atom. The van der Waals surface area contributed by atoms with Crippen LogP contribution in [0.3, 0.4) is 0 Å². The van der Waals surface area contributed by atoms with Crippen molar-refractivity contribution in [1.29, 1.82) is 0 Å². The van der Waals surface area contributed by atoms with Crippen LogP contribution in [0.4, 0.5) is 0 Å². The second kappa shape index (κ2) is 14.1. The number of ether oxygens (including phenoxy) is 1. The van der Waals surface area contributed by atoms with E-state index in [0.717, 1.165) is 11.1 Å². The van der Waals surface area contributed by atoms with Crippen molar-refractivity contribution >= 4 is 33.4 Å². The second-order valence-corrected chi connectivity index (χ2v) is 12.5. The van der Waals surface area contributed by atoms with Crippen LogP contribution in [-0.4, -0.2) is 80.3 Å². The molecular formula is C31H36ClN3O5S. The van der Waals surface area contributed by atoms with E-state index in [1.165, 1.54) is 23.5 Å². The van der Waals surface area contributed by atoms with Crippen LogP contribution < -0.4 is 0 Å². The van der Waals surface area contributed by atoms with Crippen molar-refractivity contribution in [1.82, 2.24) is 14.1 Å². The third-order valence-corrected chi connectivity index (χ3v) is 9.52. The van der Waals surface area contributed by atoms with Gasteiger partial charge in [0.1, 0.15) is 0 Å². The van der Waals surface area contributed by atoms with Gasteiger partial charge in [-0.1, -0.05) is 71.8 Å². The normalized spacial score (nSPS) is 14.3. The Hall–Kier alpha value is -3.24. The Labute approximate surface area is 247 Å². The molecule has 0 aliphatic carbocycles. The molecule has 1 fully saturated rings. The second-order valence-electron chi connectivity index (χ2n) is 10.2. The van der Waals surface area contributed by atoms with Gasteiger partial charge in [-0.05, 0) is 49.6 Å². The third-order valence-electron chi connectivity index (χ3n) is 7.33. The summed E-state index contributed by atoms with van der Waals surface area (Å²) in [6.07, 6.45) is 1.13. The Kier molecular flexibility index (Phi) is 10.6. The molecule has 0 N–H and O–H groups in total. The molecule has 0 aromatic heterocycles. The molecule has 10 heteroatoms. The number of sulfonamides is 1. The van der Waals surface area contributed by atoms with Gasteiger partial charge in [-0.25, -0.2) is 8.42 Å². The zero-order valence-electron chi connectivity index (χ0n) is 23.4. The van der Waals surface area contributed by atoms with E-state index in [1.54, 1.807) is 52.3 Å². The van der Waals surface area contributed by atoms with Crippen molar-refractivity contribution in [3.63, 3.8) is 0 Å². The van der Waals surface area contributed by atoms with Gasteiger partial charge in [-0.2, -0.15) is 4.31 Å². The summed E-state index contributed by atoms with van der Waals surface area (Å²) >= 11 is 6.26. The Morgan fingerprint density at radius 3 is 2.22 bits per heavy atom. The zero-order valence-corrected chi connectivity index (χ0v) is 25.0. The average molecular weight is 598 g/mol. The number of hydrogen-bond acceptors (Lipinski definition) is 5. The van der Waals surface area contributed by atoms with Crippen LogP contribution in [-0.2, 0) is 26.1 Å². The monoisotopic (exact) mass is 597 g/mol. The number of nitrogens with zero attached hydrogens (tertiary/aromatic N) is 3. The molecule has 0 saturated carbocycles. The first-order chi connectivity index (χ1) is 19.7. The van der Waals surface area contributed by atoms with Crippen molar-refractivity contribution in [2.24, 2.45) is 0 Å². The van der Waals surface area contributed by atoms with Gasteiger partial charge in [0.05, 0.1) is 28.6 Å². The van der Waals surface area contributed by atoms with Gasteiger partial charge in [0, 0.05) is 39.3 Å². The molecule has 2 amide bonds. The summed E-state index contributed by atoms with van der Waals surface area (Å²) in [6, 6.07) is 22.9. The van der Waals surface area contributed by atoms with Crippen molar-refractivity contribution < 1.29 is 22.7 Å². The molecule has 1 aliphatic rings. The molecule has 0 spiro atoms. The molecule has 3 aromatic rings. The smallest absolute Gasteiger partial charge is 0.255 e. The fourth-order valence-electron chi connectivity index (χ4n) is 4.96. The average Bonchev–Trinajstić information content (AvgIpc) is 2.99. The standard InChI is InChI=1S/C31H36ClN3O5S/c1-24-12-14-25(15-13-24)22-35(26-16-18-33(19-17-26)31(37)28-10-6-7-11-29(28)32)30(36)23-34(20-21-40-2)41(38,39)27-8-4-3-5-9-27/h3-15,26H,16-23H2,1-2H3. The fourth-order valence-corrected chi connectivity index (χ4v) is 6.57. The number of methoxy groups -OCH3 is 1. The number of hydrogen-bond donors (Lipinski definition) is 0. The molecule has 0 atom stereocenters. The predicted octanol–water partition coefficient (Wildman–Crippen LogP) is 4.62. The molecule has 1 aliphatic heterocycles. The quantitative estimate of drug-likeness (QED) is 0.322. The maximum absolute atomic E-state index is 13.9. The maximum atomic E-state index is 13.9. The van der Waals surface area contributed by atoms with Gasteiger partial charge >= 0.3 is 0 Å². The summed E-state index contributed by atoms with van der Waals surface area (Å²) in [5, 5.41) is 0.409. The van der Waals surface area contributed by atoms with E-state index < -0.39 is 10.0 Å². The van der Waals surface area contributed by atoms with E-state index in [-0.39, 0.29) is 42.4 Å². The van der Waals surface area contributed by atoms with Crippen molar-refractivity contribution in [2.45, 2.75) is 37.2 Å². The van der Waals surface area contributed by atoms with E-state index in [4.69, 9.17) is 16.3 Å². The molecular weight excluding hydrogens is 562 g/mol. The number of rotatable bonds is 11. The Morgan fingerprint density at radius 1 is 0.951 bits per heavy atom. The molecule has 41 heavy (non-hydrogen) atoms. The molecule has 218 valence electrons. The number of benzene rings is 3. The van der Waals surface area contributed by atoms with E-state index in [9.17, 15) is 18.0 Å². The highest BCUT2D eigenvalue weighted by molar-refractivity contribution is 7.89. The maximum Gasteiger partial charge on any atom is 0.255 e. The Balaban J connectivity index is 1.54. The van der Waals surface area contributed by atoms with Gasteiger partial charge in [0.25, 0.3) is 5.91 Å². The molecule has 1 saturated heterocycles. The first kappa shape index (κ1) is 30.7. The van der Waals surface area contributed by atoms with Gasteiger partial charge in [0.15, 0.2) is 0 Å². The fraction of sp³-hybridized carbons (Fsp3) is 0.355. The lowest BCUT2D eigenvalue weighted by Gasteiger charge is -2.39. The molecule has 4 rings (SSSR count). The number of likely N-dealkylation sites (tertiary alicyclic amines) is 1. The summed E-state index contributed by atoms with van der Waals surface area (Å²) in [5.74, 6) is -0.428. The summed E-state index contributed by atoms with van der Waals surface area (Å²) < 4.78 is 33.3. The van der Waals surface area contributed by atoms with Crippen molar-refractivity contribution in [3.05, 3.63) is 101 Å². The highest BCUT2D eigenvalue weighted by atomic mass is 35.5. The van der Waals surface area contributed by atoms with Crippen LogP contribution in [0.1, 0.15) is 34.3 Å².